The van der Waals surface area contributed by atoms with Gasteiger partial charge in [-0.3, -0.25) is 4.98 Å². The maximum absolute atomic E-state index is 5.91. The first-order valence-corrected chi connectivity index (χ1v) is 7.78. The van der Waals surface area contributed by atoms with Crippen LogP contribution in [0.4, 0.5) is 0 Å². The van der Waals surface area contributed by atoms with Crippen LogP contribution >= 0.6 is 0 Å². The molecule has 110 valence electrons. The van der Waals surface area contributed by atoms with Gasteiger partial charge in [-0.15, -0.1) is 0 Å². The fraction of sp³-hybridized carbons (Fsp3) is 0.389. The van der Waals surface area contributed by atoms with Gasteiger partial charge in [0.1, 0.15) is 11.5 Å². The van der Waals surface area contributed by atoms with E-state index in [2.05, 4.69) is 29.4 Å². The van der Waals surface area contributed by atoms with Crippen molar-refractivity contribution < 1.29 is 4.74 Å². The molecule has 0 bridgehead atoms. The highest BCUT2D eigenvalue weighted by molar-refractivity contribution is 5.33. The second-order valence-electron chi connectivity index (χ2n) is 5.63. The number of rotatable bonds is 7. The summed E-state index contributed by atoms with van der Waals surface area (Å²) in [6.07, 6.45) is 6.68. The van der Waals surface area contributed by atoms with E-state index in [-0.39, 0.29) is 0 Å². The highest BCUT2D eigenvalue weighted by Gasteiger charge is 2.20. The molecular formula is C18H22N2O. The van der Waals surface area contributed by atoms with E-state index < -0.39 is 0 Å². The van der Waals surface area contributed by atoms with Crippen molar-refractivity contribution in [2.75, 3.05) is 0 Å². The number of hydrogen-bond donors (Lipinski definition) is 1. The minimum Gasteiger partial charge on any atom is -0.457 e. The van der Waals surface area contributed by atoms with Gasteiger partial charge in [0.25, 0.3) is 0 Å². The fourth-order valence-corrected chi connectivity index (χ4v) is 2.30. The largest absolute Gasteiger partial charge is 0.457 e. The Morgan fingerprint density at radius 2 is 1.95 bits per heavy atom. The molecule has 0 radical (unpaired) electrons. The molecule has 1 N–H and O–H groups in total. The first-order valence-electron chi connectivity index (χ1n) is 7.78. The number of pyridine rings is 1. The Balaban J connectivity index is 1.61. The maximum Gasteiger partial charge on any atom is 0.130 e. The van der Waals surface area contributed by atoms with E-state index in [9.17, 15) is 0 Å². The van der Waals surface area contributed by atoms with Crippen LogP contribution in [0, 0.1) is 0 Å². The van der Waals surface area contributed by atoms with Gasteiger partial charge in [-0.25, -0.2) is 0 Å². The number of benzene rings is 1. The minimum absolute atomic E-state index is 0.697. The molecule has 21 heavy (non-hydrogen) atoms. The van der Waals surface area contributed by atoms with Gasteiger partial charge in [0.15, 0.2) is 0 Å². The molecule has 1 aliphatic rings. The monoisotopic (exact) mass is 282 g/mol. The maximum atomic E-state index is 5.91. The Labute approximate surface area is 126 Å². The van der Waals surface area contributed by atoms with E-state index in [1.807, 2.05) is 30.5 Å². The molecule has 0 amide bonds. The third kappa shape index (κ3) is 4.30. The van der Waals surface area contributed by atoms with Crippen LogP contribution < -0.4 is 10.1 Å². The molecular weight excluding hydrogens is 260 g/mol. The molecule has 0 spiro atoms. The third-order valence-corrected chi connectivity index (χ3v) is 3.63. The zero-order valence-corrected chi connectivity index (χ0v) is 12.5. The lowest BCUT2D eigenvalue weighted by Gasteiger charge is -2.08. The summed E-state index contributed by atoms with van der Waals surface area (Å²) in [5.41, 5.74) is 2.39. The first kappa shape index (κ1) is 14.1. The zero-order valence-electron chi connectivity index (χ0n) is 12.5. The molecule has 0 unspecified atom stereocenters. The van der Waals surface area contributed by atoms with Gasteiger partial charge in [0.05, 0.1) is 5.69 Å². The van der Waals surface area contributed by atoms with Gasteiger partial charge < -0.3 is 10.1 Å². The lowest BCUT2D eigenvalue weighted by atomic mass is 10.1. The Bertz CT molecular complexity index is 576. The molecule has 2 aromatic rings. The van der Waals surface area contributed by atoms with Crippen molar-refractivity contribution >= 4 is 0 Å². The van der Waals surface area contributed by atoms with Crippen LogP contribution in [0.25, 0.3) is 0 Å². The molecule has 1 aromatic heterocycles. The predicted molar refractivity (Wildman–Crippen MR) is 84.6 cm³/mol. The summed E-state index contributed by atoms with van der Waals surface area (Å²) in [5.74, 6) is 1.72. The molecule has 1 aromatic carbocycles. The van der Waals surface area contributed by atoms with Crippen molar-refractivity contribution in [3.8, 4) is 11.5 Å². The number of nitrogens with one attached hydrogen (secondary N) is 1. The summed E-state index contributed by atoms with van der Waals surface area (Å²) < 4.78 is 5.91. The SMILES string of the molecule is CCCc1ccc(Oc2ccnc(CNC3CC3)c2)cc1. The van der Waals surface area contributed by atoms with Crippen LogP contribution in [0.5, 0.6) is 11.5 Å². The molecule has 1 fully saturated rings. The number of hydrogen-bond acceptors (Lipinski definition) is 3. The summed E-state index contributed by atoms with van der Waals surface area (Å²) in [6, 6.07) is 12.9. The van der Waals surface area contributed by atoms with Crippen molar-refractivity contribution in [3.63, 3.8) is 0 Å². The standard InChI is InChI=1S/C18H22N2O/c1-2-3-14-4-8-17(9-5-14)21-18-10-11-19-16(12-18)13-20-15-6-7-15/h4-5,8-12,15,20H,2-3,6-7,13H2,1H3. The van der Waals surface area contributed by atoms with Gasteiger partial charge in [-0.05, 0) is 43.0 Å². The van der Waals surface area contributed by atoms with E-state index in [0.717, 1.165) is 30.2 Å². The van der Waals surface area contributed by atoms with Gasteiger partial charge in [-0.1, -0.05) is 25.5 Å². The highest BCUT2D eigenvalue weighted by Crippen LogP contribution is 2.23. The van der Waals surface area contributed by atoms with Gasteiger partial charge in [0, 0.05) is 24.8 Å². The lowest BCUT2D eigenvalue weighted by Crippen LogP contribution is -2.16. The first-order chi connectivity index (χ1) is 10.3. The number of nitrogens with zero attached hydrogens (tertiary/aromatic N) is 1. The van der Waals surface area contributed by atoms with Crippen LogP contribution in [0.1, 0.15) is 37.4 Å². The summed E-state index contributed by atoms with van der Waals surface area (Å²) in [4.78, 5) is 4.38. The van der Waals surface area contributed by atoms with Crippen LogP contribution in [-0.4, -0.2) is 11.0 Å². The normalized spacial score (nSPS) is 14.1. The Morgan fingerprint density at radius 3 is 2.67 bits per heavy atom. The Hall–Kier alpha value is -1.87. The van der Waals surface area contributed by atoms with Gasteiger partial charge in [0.2, 0.25) is 0 Å². The molecule has 0 aliphatic heterocycles. The van der Waals surface area contributed by atoms with Crippen LogP contribution in [0.15, 0.2) is 42.6 Å². The van der Waals surface area contributed by atoms with E-state index in [1.54, 1.807) is 0 Å². The molecule has 3 heteroatoms. The summed E-state index contributed by atoms with van der Waals surface area (Å²) in [7, 11) is 0. The smallest absolute Gasteiger partial charge is 0.130 e. The predicted octanol–water partition coefficient (Wildman–Crippen LogP) is 4.08. The number of aromatic nitrogens is 1. The summed E-state index contributed by atoms with van der Waals surface area (Å²) >= 11 is 0. The van der Waals surface area contributed by atoms with Crippen LogP contribution in [0.3, 0.4) is 0 Å². The minimum atomic E-state index is 0.697. The summed E-state index contributed by atoms with van der Waals surface area (Å²) in [6.45, 7) is 3.01. The molecule has 3 rings (SSSR count). The number of ether oxygens (including phenoxy) is 1. The van der Waals surface area contributed by atoms with Crippen LogP contribution in [-0.2, 0) is 13.0 Å². The van der Waals surface area contributed by atoms with E-state index in [1.165, 1.54) is 24.8 Å². The molecule has 3 nitrogen and oxygen atoms in total. The average Bonchev–Trinajstić information content (AvgIpc) is 3.32. The van der Waals surface area contributed by atoms with Crippen molar-refractivity contribution in [1.29, 1.82) is 0 Å². The average molecular weight is 282 g/mol. The molecule has 1 heterocycles. The lowest BCUT2D eigenvalue weighted by molar-refractivity contribution is 0.480. The molecule has 0 saturated heterocycles. The summed E-state index contributed by atoms with van der Waals surface area (Å²) in [5, 5.41) is 3.47. The Morgan fingerprint density at radius 1 is 1.14 bits per heavy atom. The Kier molecular flexibility index (Phi) is 4.51. The number of aryl methyl sites for hydroxylation is 1. The molecule has 1 saturated carbocycles. The second-order valence-corrected chi connectivity index (χ2v) is 5.63. The molecule has 1 aliphatic carbocycles. The highest BCUT2D eigenvalue weighted by atomic mass is 16.5. The zero-order chi connectivity index (χ0) is 14.5. The van der Waals surface area contributed by atoms with Gasteiger partial charge >= 0.3 is 0 Å². The second kappa shape index (κ2) is 6.72. The topological polar surface area (TPSA) is 34.1 Å². The van der Waals surface area contributed by atoms with Gasteiger partial charge in [-0.2, -0.15) is 0 Å². The third-order valence-electron chi connectivity index (χ3n) is 3.63. The van der Waals surface area contributed by atoms with Crippen molar-refractivity contribution in [2.45, 2.75) is 45.2 Å². The van der Waals surface area contributed by atoms with Crippen molar-refractivity contribution in [2.24, 2.45) is 0 Å². The van der Waals surface area contributed by atoms with E-state index in [0.29, 0.717) is 6.04 Å². The van der Waals surface area contributed by atoms with Crippen LogP contribution in [0.2, 0.25) is 0 Å². The van der Waals surface area contributed by atoms with E-state index >= 15 is 0 Å². The quantitative estimate of drug-likeness (QED) is 0.831. The van der Waals surface area contributed by atoms with Crippen molar-refractivity contribution in [3.05, 3.63) is 53.9 Å². The van der Waals surface area contributed by atoms with Crippen molar-refractivity contribution in [1.82, 2.24) is 10.3 Å². The van der Waals surface area contributed by atoms with E-state index in [4.69, 9.17) is 4.74 Å². The molecule has 0 atom stereocenters. The fourth-order valence-electron chi connectivity index (χ4n) is 2.30.